The van der Waals surface area contributed by atoms with Crippen molar-refractivity contribution < 1.29 is 27.2 Å². The number of ether oxygens (including phenoxy) is 1. The highest BCUT2D eigenvalue weighted by atomic mass is 32.2. The Bertz CT molecular complexity index is 356. The molecule has 6 nitrogen and oxygen atoms in total. The second kappa shape index (κ2) is 7.06. The Morgan fingerprint density at radius 3 is 2.11 bits per heavy atom. The maximum absolute atomic E-state index is 10.8. The van der Waals surface area contributed by atoms with Crippen LogP contribution >= 0.6 is 0 Å². The SMILES string of the molecule is CS(=O)(=O)OC[C@H]1CC[C@@H](COCC(=O)O)CC1. The summed E-state index contributed by atoms with van der Waals surface area (Å²) in [6.07, 6.45) is 4.71. The molecule has 7 heteroatoms. The predicted octanol–water partition coefficient (Wildman–Crippen LogP) is 0.870. The highest BCUT2D eigenvalue weighted by Gasteiger charge is 2.22. The van der Waals surface area contributed by atoms with Crippen LogP contribution in [0.25, 0.3) is 0 Å². The molecule has 1 saturated carbocycles. The lowest BCUT2D eigenvalue weighted by Crippen LogP contribution is -2.23. The summed E-state index contributed by atoms with van der Waals surface area (Å²) in [6, 6.07) is 0. The van der Waals surface area contributed by atoms with Crippen molar-refractivity contribution >= 4 is 16.1 Å². The smallest absolute Gasteiger partial charge is 0.329 e. The predicted molar refractivity (Wildman–Crippen MR) is 64.7 cm³/mol. The summed E-state index contributed by atoms with van der Waals surface area (Å²) in [5.74, 6) is -0.306. The van der Waals surface area contributed by atoms with Gasteiger partial charge in [-0.2, -0.15) is 8.42 Å². The van der Waals surface area contributed by atoms with Gasteiger partial charge in [-0.05, 0) is 37.5 Å². The molecule has 0 unspecified atom stereocenters. The number of hydrogen-bond donors (Lipinski definition) is 1. The van der Waals surface area contributed by atoms with Crippen LogP contribution < -0.4 is 0 Å². The zero-order valence-electron chi connectivity index (χ0n) is 10.5. The van der Waals surface area contributed by atoms with Crippen LogP contribution in [0.5, 0.6) is 0 Å². The van der Waals surface area contributed by atoms with Gasteiger partial charge in [0.05, 0.1) is 19.5 Å². The third kappa shape index (κ3) is 6.93. The maximum Gasteiger partial charge on any atom is 0.329 e. The molecule has 0 amide bonds. The van der Waals surface area contributed by atoms with E-state index in [1.54, 1.807) is 0 Å². The molecule has 0 radical (unpaired) electrons. The average Bonchev–Trinajstić information content (AvgIpc) is 2.26. The minimum atomic E-state index is -3.35. The normalized spacial score (nSPS) is 24.9. The largest absolute Gasteiger partial charge is 0.480 e. The Labute approximate surface area is 107 Å². The van der Waals surface area contributed by atoms with Crippen molar-refractivity contribution in [3.8, 4) is 0 Å². The summed E-state index contributed by atoms with van der Waals surface area (Å²) in [5.41, 5.74) is 0. The van der Waals surface area contributed by atoms with Crippen LogP contribution in [0.3, 0.4) is 0 Å². The Kier molecular flexibility index (Phi) is 6.04. The average molecular weight is 280 g/mol. The molecule has 0 aliphatic heterocycles. The topological polar surface area (TPSA) is 89.9 Å². The van der Waals surface area contributed by atoms with Gasteiger partial charge in [0.1, 0.15) is 6.61 Å². The van der Waals surface area contributed by atoms with Gasteiger partial charge in [-0.1, -0.05) is 0 Å². The van der Waals surface area contributed by atoms with E-state index >= 15 is 0 Å². The lowest BCUT2D eigenvalue weighted by molar-refractivity contribution is -0.142. The first-order valence-electron chi connectivity index (χ1n) is 6.01. The van der Waals surface area contributed by atoms with Crippen molar-refractivity contribution in [2.75, 3.05) is 26.1 Å². The zero-order valence-corrected chi connectivity index (χ0v) is 11.3. The molecule has 0 bridgehead atoms. The minimum Gasteiger partial charge on any atom is -0.480 e. The fraction of sp³-hybridized carbons (Fsp3) is 0.909. The molecule has 0 atom stereocenters. The minimum absolute atomic E-state index is 0.252. The first-order valence-corrected chi connectivity index (χ1v) is 7.82. The van der Waals surface area contributed by atoms with E-state index in [2.05, 4.69) is 0 Å². The lowest BCUT2D eigenvalue weighted by Gasteiger charge is -2.27. The molecule has 0 saturated heterocycles. The molecule has 18 heavy (non-hydrogen) atoms. The molecular weight excluding hydrogens is 260 g/mol. The summed E-state index contributed by atoms with van der Waals surface area (Å²) in [7, 11) is -3.35. The van der Waals surface area contributed by atoms with Gasteiger partial charge in [0, 0.05) is 0 Å². The molecule has 0 aromatic carbocycles. The van der Waals surface area contributed by atoms with Gasteiger partial charge in [0.15, 0.2) is 0 Å². The molecule has 0 aromatic rings. The van der Waals surface area contributed by atoms with Crippen LogP contribution in [0.2, 0.25) is 0 Å². The van der Waals surface area contributed by atoms with E-state index in [9.17, 15) is 13.2 Å². The summed E-state index contributed by atoms with van der Waals surface area (Å²) in [6.45, 7) is 0.463. The molecule has 1 aliphatic carbocycles. The maximum atomic E-state index is 10.8. The van der Waals surface area contributed by atoms with Gasteiger partial charge in [-0.15, -0.1) is 0 Å². The van der Waals surface area contributed by atoms with Gasteiger partial charge in [-0.3, -0.25) is 4.18 Å². The van der Waals surface area contributed by atoms with Crippen LogP contribution in [-0.2, 0) is 23.8 Å². The van der Waals surface area contributed by atoms with Crippen molar-refractivity contribution in [3.05, 3.63) is 0 Å². The van der Waals surface area contributed by atoms with E-state index in [4.69, 9.17) is 14.0 Å². The van der Waals surface area contributed by atoms with E-state index < -0.39 is 16.1 Å². The Hall–Kier alpha value is -0.660. The van der Waals surface area contributed by atoms with E-state index in [1.807, 2.05) is 0 Å². The first-order chi connectivity index (χ1) is 8.37. The third-order valence-corrected chi connectivity index (χ3v) is 3.63. The number of rotatable bonds is 7. The second-order valence-corrected chi connectivity index (χ2v) is 6.43. The van der Waals surface area contributed by atoms with Crippen LogP contribution in [0.4, 0.5) is 0 Å². The van der Waals surface area contributed by atoms with Crippen molar-refractivity contribution in [1.82, 2.24) is 0 Å². The summed E-state index contributed by atoms with van der Waals surface area (Å²) >= 11 is 0. The molecule has 1 rings (SSSR count). The Morgan fingerprint density at radius 2 is 1.67 bits per heavy atom. The number of hydrogen-bond acceptors (Lipinski definition) is 5. The highest BCUT2D eigenvalue weighted by molar-refractivity contribution is 7.85. The molecule has 0 aromatic heterocycles. The quantitative estimate of drug-likeness (QED) is 0.696. The molecule has 0 heterocycles. The number of aliphatic carboxylic acids is 1. The summed E-state index contributed by atoms with van der Waals surface area (Å²) < 4.78 is 31.5. The number of carboxylic acid groups (broad SMARTS) is 1. The molecule has 1 aliphatic rings. The second-order valence-electron chi connectivity index (χ2n) is 4.78. The standard InChI is InChI=1S/C11H20O6S/c1-18(14,15)17-7-10-4-2-9(3-5-10)6-16-8-11(12)13/h9-10H,2-8H2,1H3,(H,12,13)/t9-,10+. The van der Waals surface area contributed by atoms with Crippen molar-refractivity contribution in [1.29, 1.82) is 0 Å². The molecule has 106 valence electrons. The molecular formula is C11H20O6S. The summed E-state index contributed by atoms with van der Waals surface area (Å²) in [5, 5.41) is 8.43. The fourth-order valence-corrected chi connectivity index (χ4v) is 2.54. The van der Waals surface area contributed by atoms with E-state index in [0.29, 0.717) is 12.5 Å². The lowest BCUT2D eigenvalue weighted by atomic mass is 9.83. The van der Waals surface area contributed by atoms with Gasteiger partial charge in [0.2, 0.25) is 0 Å². The van der Waals surface area contributed by atoms with Crippen molar-refractivity contribution in [2.24, 2.45) is 11.8 Å². The van der Waals surface area contributed by atoms with E-state index in [-0.39, 0.29) is 19.1 Å². The Morgan fingerprint density at radius 1 is 1.17 bits per heavy atom. The molecule has 1 fully saturated rings. The fourth-order valence-electron chi connectivity index (χ4n) is 2.10. The van der Waals surface area contributed by atoms with Crippen LogP contribution in [0.15, 0.2) is 0 Å². The van der Waals surface area contributed by atoms with Gasteiger partial charge < -0.3 is 9.84 Å². The van der Waals surface area contributed by atoms with Crippen LogP contribution in [0, 0.1) is 11.8 Å². The molecule has 0 spiro atoms. The van der Waals surface area contributed by atoms with E-state index in [1.165, 1.54) is 0 Å². The van der Waals surface area contributed by atoms with Crippen LogP contribution in [0.1, 0.15) is 25.7 Å². The monoisotopic (exact) mass is 280 g/mol. The van der Waals surface area contributed by atoms with Crippen molar-refractivity contribution in [2.45, 2.75) is 25.7 Å². The first kappa shape index (κ1) is 15.4. The summed E-state index contributed by atoms with van der Waals surface area (Å²) in [4.78, 5) is 10.3. The Balaban J connectivity index is 2.14. The van der Waals surface area contributed by atoms with E-state index in [0.717, 1.165) is 31.9 Å². The number of carbonyl (C=O) groups is 1. The van der Waals surface area contributed by atoms with Gasteiger partial charge in [-0.25, -0.2) is 4.79 Å². The van der Waals surface area contributed by atoms with Crippen molar-refractivity contribution in [3.63, 3.8) is 0 Å². The zero-order chi connectivity index (χ0) is 13.6. The molecule has 1 N–H and O–H groups in total. The number of carboxylic acids is 1. The highest BCUT2D eigenvalue weighted by Crippen LogP contribution is 2.29. The van der Waals surface area contributed by atoms with Gasteiger partial charge in [0.25, 0.3) is 10.1 Å². The van der Waals surface area contributed by atoms with Gasteiger partial charge >= 0.3 is 5.97 Å². The third-order valence-electron chi connectivity index (χ3n) is 3.06. The van der Waals surface area contributed by atoms with Crippen LogP contribution in [-0.4, -0.2) is 45.6 Å².